The molecule has 3 aromatic rings. The molecule has 3 nitrogen and oxygen atoms in total. The first-order chi connectivity index (χ1) is 13.4. The molecule has 0 aliphatic carbocycles. The lowest BCUT2D eigenvalue weighted by molar-refractivity contribution is 0.0625. The van der Waals surface area contributed by atoms with Crippen molar-refractivity contribution in [1.29, 1.82) is 0 Å². The summed E-state index contributed by atoms with van der Waals surface area (Å²) in [6.07, 6.45) is 1.18. The van der Waals surface area contributed by atoms with Crippen LogP contribution in [0.15, 0.2) is 53.0 Å². The number of piperidine rings is 1. The van der Waals surface area contributed by atoms with E-state index in [1.54, 1.807) is 0 Å². The van der Waals surface area contributed by atoms with Crippen LogP contribution < -0.4 is 0 Å². The molecular formula is C24H25BrN2O. The molecule has 1 fully saturated rings. The van der Waals surface area contributed by atoms with Crippen molar-refractivity contribution in [2.45, 2.75) is 27.2 Å². The maximum atomic E-state index is 13.5. The van der Waals surface area contributed by atoms with Crippen LogP contribution in [0.3, 0.4) is 0 Å². The molecule has 0 spiro atoms. The van der Waals surface area contributed by atoms with Gasteiger partial charge in [0, 0.05) is 28.5 Å². The van der Waals surface area contributed by atoms with Crippen LogP contribution in [0.4, 0.5) is 0 Å². The van der Waals surface area contributed by atoms with Crippen molar-refractivity contribution in [3.05, 3.63) is 64.1 Å². The molecule has 1 saturated heterocycles. The van der Waals surface area contributed by atoms with E-state index in [1.165, 1.54) is 12.0 Å². The number of rotatable bonds is 2. The van der Waals surface area contributed by atoms with Gasteiger partial charge in [-0.25, -0.2) is 4.98 Å². The zero-order valence-corrected chi connectivity index (χ0v) is 18.2. The van der Waals surface area contributed by atoms with Crippen molar-refractivity contribution in [2.24, 2.45) is 11.8 Å². The summed E-state index contributed by atoms with van der Waals surface area (Å²) in [6, 6.07) is 16.2. The number of hydrogen-bond acceptors (Lipinski definition) is 2. The summed E-state index contributed by atoms with van der Waals surface area (Å²) < 4.78 is 0.958. The van der Waals surface area contributed by atoms with Crippen LogP contribution in [-0.4, -0.2) is 28.9 Å². The summed E-state index contributed by atoms with van der Waals surface area (Å²) in [6.45, 7) is 8.18. The average molecular weight is 437 g/mol. The quantitative estimate of drug-likeness (QED) is 0.486. The zero-order chi connectivity index (χ0) is 19.8. The SMILES string of the molecule is Cc1cccc(-c2cc(C(=O)N3C[C@H](C)C[C@@H](C)C3)c3cc(Br)ccc3n2)c1. The van der Waals surface area contributed by atoms with E-state index >= 15 is 0 Å². The van der Waals surface area contributed by atoms with Crippen molar-refractivity contribution in [2.75, 3.05) is 13.1 Å². The molecule has 2 aromatic carbocycles. The average Bonchev–Trinajstić information content (AvgIpc) is 2.66. The Morgan fingerprint density at radius 2 is 1.82 bits per heavy atom. The maximum Gasteiger partial charge on any atom is 0.254 e. The van der Waals surface area contributed by atoms with Crippen LogP contribution in [0.1, 0.15) is 36.2 Å². The van der Waals surface area contributed by atoms with Crippen molar-refractivity contribution >= 4 is 32.7 Å². The Bertz CT molecular complexity index is 1040. The van der Waals surface area contributed by atoms with E-state index in [2.05, 4.69) is 54.9 Å². The second-order valence-corrected chi connectivity index (χ2v) is 9.16. The van der Waals surface area contributed by atoms with Gasteiger partial charge in [-0.05, 0) is 55.5 Å². The number of aryl methyl sites for hydroxylation is 1. The Balaban J connectivity index is 1.85. The Morgan fingerprint density at radius 1 is 1.07 bits per heavy atom. The van der Waals surface area contributed by atoms with Crippen LogP contribution >= 0.6 is 15.9 Å². The largest absolute Gasteiger partial charge is 0.338 e. The summed E-state index contributed by atoms with van der Waals surface area (Å²) >= 11 is 3.55. The minimum Gasteiger partial charge on any atom is -0.338 e. The molecule has 0 saturated carbocycles. The highest BCUT2D eigenvalue weighted by molar-refractivity contribution is 9.10. The molecule has 2 heterocycles. The number of pyridine rings is 1. The summed E-state index contributed by atoms with van der Waals surface area (Å²) in [7, 11) is 0. The number of nitrogens with zero attached hydrogens (tertiary/aromatic N) is 2. The first-order valence-corrected chi connectivity index (χ1v) is 10.7. The van der Waals surface area contributed by atoms with E-state index < -0.39 is 0 Å². The molecule has 0 N–H and O–H groups in total. The van der Waals surface area contributed by atoms with Gasteiger partial charge in [0.15, 0.2) is 0 Å². The second-order valence-electron chi connectivity index (χ2n) is 8.24. The monoisotopic (exact) mass is 436 g/mol. The van der Waals surface area contributed by atoms with Crippen LogP contribution in [0.5, 0.6) is 0 Å². The van der Waals surface area contributed by atoms with Gasteiger partial charge in [0.2, 0.25) is 0 Å². The molecule has 0 radical (unpaired) electrons. The van der Waals surface area contributed by atoms with Crippen molar-refractivity contribution in [3.63, 3.8) is 0 Å². The summed E-state index contributed by atoms with van der Waals surface area (Å²) in [5.74, 6) is 1.17. The minimum absolute atomic E-state index is 0.109. The number of likely N-dealkylation sites (tertiary alicyclic amines) is 1. The van der Waals surface area contributed by atoms with Crippen LogP contribution in [-0.2, 0) is 0 Å². The first-order valence-electron chi connectivity index (χ1n) is 9.87. The van der Waals surface area contributed by atoms with Crippen LogP contribution in [0.25, 0.3) is 22.2 Å². The van der Waals surface area contributed by atoms with Gasteiger partial charge in [0.05, 0.1) is 16.8 Å². The highest BCUT2D eigenvalue weighted by atomic mass is 79.9. The van der Waals surface area contributed by atoms with Crippen LogP contribution in [0.2, 0.25) is 0 Å². The topological polar surface area (TPSA) is 33.2 Å². The summed E-state index contributed by atoms with van der Waals surface area (Å²) in [4.78, 5) is 20.4. The van der Waals surface area contributed by atoms with Crippen molar-refractivity contribution < 1.29 is 4.79 Å². The highest BCUT2D eigenvalue weighted by Crippen LogP contribution is 2.30. The van der Waals surface area contributed by atoms with Gasteiger partial charge in [-0.1, -0.05) is 53.5 Å². The normalized spacial score (nSPS) is 19.8. The van der Waals surface area contributed by atoms with Gasteiger partial charge in [-0.3, -0.25) is 4.79 Å². The molecule has 0 unspecified atom stereocenters. The predicted octanol–water partition coefficient (Wildman–Crippen LogP) is 6.09. The zero-order valence-electron chi connectivity index (χ0n) is 16.6. The summed E-state index contributed by atoms with van der Waals surface area (Å²) in [5.41, 5.74) is 4.66. The Labute approximate surface area is 174 Å². The number of hydrogen-bond donors (Lipinski definition) is 0. The Morgan fingerprint density at radius 3 is 2.54 bits per heavy atom. The van der Waals surface area contributed by atoms with Gasteiger partial charge in [0.25, 0.3) is 5.91 Å². The lowest BCUT2D eigenvalue weighted by atomic mass is 9.91. The number of amides is 1. The van der Waals surface area contributed by atoms with E-state index in [-0.39, 0.29) is 5.91 Å². The molecule has 1 aliphatic rings. The third-order valence-corrected chi connectivity index (χ3v) is 5.96. The fourth-order valence-electron chi connectivity index (χ4n) is 4.33. The number of aromatic nitrogens is 1. The van der Waals surface area contributed by atoms with E-state index in [0.717, 1.165) is 45.3 Å². The number of carbonyl (C=O) groups is 1. The number of halogens is 1. The maximum absolute atomic E-state index is 13.5. The van der Waals surface area contributed by atoms with Gasteiger partial charge in [0.1, 0.15) is 0 Å². The molecule has 28 heavy (non-hydrogen) atoms. The molecule has 4 rings (SSSR count). The summed E-state index contributed by atoms with van der Waals surface area (Å²) in [5, 5.41) is 0.904. The van der Waals surface area contributed by atoms with Gasteiger partial charge in [-0.15, -0.1) is 0 Å². The third kappa shape index (κ3) is 3.83. The van der Waals surface area contributed by atoms with Crippen molar-refractivity contribution in [3.8, 4) is 11.3 Å². The fraction of sp³-hybridized carbons (Fsp3) is 0.333. The number of carbonyl (C=O) groups excluding carboxylic acids is 1. The third-order valence-electron chi connectivity index (χ3n) is 5.47. The first kappa shape index (κ1) is 19.1. The molecule has 1 amide bonds. The predicted molar refractivity (Wildman–Crippen MR) is 118 cm³/mol. The van der Waals surface area contributed by atoms with E-state index in [9.17, 15) is 4.79 Å². The minimum atomic E-state index is 0.109. The number of fused-ring (bicyclic) bond motifs is 1. The van der Waals surface area contributed by atoms with Gasteiger partial charge in [-0.2, -0.15) is 0 Å². The van der Waals surface area contributed by atoms with Gasteiger partial charge >= 0.3 is 0 Å². The Hall–Kier alpha value is -2.20. The van der Waals surface area contributed by atoms with E-state index in [4.69, 9.17) is 4.98 Å². The van der Waals surface area contributed by atoms with Gasteiger partial charge < -0.3 is 4.90 Å². The van der Waals surface area contributed by atoms with E-state index in [1.807, 2.05) is 35.2 Å². The highest BCUT2D eigenvalue weighted by Gasteiger charge is 2.27. The standard InChI is InChI=1S/C24H25BrN2O/c1-15-5-4-6-18(10-15)23-12-21(20-11-19(25)7-8-22(20)26-23)24(28)27-13-16(2)9-17(3)14-27/h4-8,10-12,16-17H,9,13-14H2,1-3H3/t16-,17-/m1/s1. The van der Waals surface area contributed by atoms with Crippen molar-refractivity contribution in [1.82, 2.24) is 9.88 Å². The molecule has 1 aromatic heterocycles. The fourth-order valence-corrected chi connectivity index (χ4v) is 4.69. The molecule has 2 atom stereocenters. The van der Waals surface area contributed by atoms with Crippen LogP contribution in [0, 0.1) is 18.8 Å². The molecule has 144 valence electrons. The lowest BCUT2D eigenvalue weighted by Crippen LogP contribution is -2.42. The molecule has 0 bridgehead atoms. The molecule has 1 aliphatic heterocycles. The molecule has 4 heteroatoms. The lowest BCUT2D eigenvalue weighted by Gasteiger charge is -2.35. The smallest absolute Gasteiger partial charge is 0.254 e. The molecular weight excluding hydrogens is 412 g/mol. The number of benzene rings is 2. The second kappa shape index (κ2) is 7.67. The Kier molecular flexibility index (Phi) is 5.24. The van der Waals surface area contributed by atoms with E-state index in [0.29, 0.717) is 11.8 Å².